The molecule has 4 heteroatoms. The molecule has 1 unspecified atom stereocenters. The van der Waals surface area contributed by atoms with Crippen LogP contribution in [0.5, 0.6) is 5.75 Å². The van der Waals surface area contributed by atoms with Crippen molar-refractivity contribution in [2.24, 2.45) is 5.73 Å². The zero-order valence-electron chi connectivity index (χ0n) is 12.0. The van der Waals surface area contributed by atoms with Crippen molar-refractivity contribution >= 4 is 0 Å². The zero-order chi connectivity index (χ0) is 13.7. The Morgan fingerprint density at radius 1 is 1.26 bits per heavy atom. The molecule has 0 aliphatic carbocycles. The van der Waals surface area contributed by atoms with Gasteiger partial charge >= 0.3 is 0 Å². The number of hydrogen-bond acceptors (Lipinski definition) is 4. The van der Waals surface area contributed by atoms with Gasteiger partial charge in [0.2, 0.25) is 0 Å². The number of methoxy groups -OCH3 is 1. The van der Waals surface area contributed by atoms with Gasteiger partial charge in [-0.15, -0.1) is 0 Å². The predicted molar refractivity (Wildman–Crippen MR) is 78.5 cm³/mol. The number of ether oxygens (including phenoxy) is 1. The number of nitrogens with two attached hydrogens (primary N) is 1. The van der Waals surface area contributed by atoms with Gasteiger partial charge in [0.25, 0.3) is 0 Å². The molecule has 1 aromatic carbocycles. The third-order valence-electron chi connectivity index (χ3n) is 4.00. The summed E-state index contributed by atoms with van der Waals surface area (Å²) in [5, 5.41) is 0. The molecule has 1 atom stereocenters. The minimum Gasteiger partial charge on any atom is -0.497 e. The van der Waals surface area contributed by atoms with Crippen molar-refractivity contribution in [2.75, 3.05) is 46.4 Å². The molecule has 1 aliphatic heterocycles. The van der Waals surface area contributed by atoms with E-state index >= 15 is 0 Å². The normalized spacial score (nSPS) is 19.3. The average Bonchev–Trinajstić information content (AvgIpc) is 2.49. The molecule has 1 saturated heterocycles. The second-order valence-electron chi connectivity index (χ2n) is 5.00. The highest BCUT2D eigenvalue weighted by Gasteiger charge is 2.23. The summed E-state index contributed by atoms with van der Waals surface area (Å²) in [7, 11) is 1.70. The first-order valence-electron chi connectivity index (χ1n) is 7.09. The number of rotatable bonds is 5. The van der Waals surface area contributed by atoms with Gasteiger partial charge in [0.05, 0.1) is 7.11 Å². The van der Waals surface area contributed by atoms with Gasteiger partial charge in [0, 0.05) is 38.8 Å². The Labute approximate surface area is 116 Å². The van der Waals surface area contributed by atoms with E-state index < -0.39 is 0 Å². The summed E-state index contributed by atoms with van der Waals surface area (Å²) >= 11 is 0. The Morgan fingerprint density at radius 2 is 2.00 bits per heavy atom. The summed E-state index contributed by atoms with van der Waals surface area (Å²) in [6.45, 7) is 8.46. The summed E-state index contributed by atoms with van der Waals surface area (Å²) in [5.41, 5.74) is 7.25. The molecular weight excluding hydrogens is 238 g/mol. The van der Waals surface area contributed by atoms with Gasteiger partial charge in [-0.2, -0.15) is 0 Å². The molecule has 2 N–H and O–H groups in total. The number of benzene rings is 1. The second-order valence-corrected chi connectivity index (χ2v) is 5.00. The van der Waals surface area contributed by atoms with Gasteiger partial charge in [-0.3, -0.25) is 4.90 Å². The summed E-state index contributed by atoms with van der Waals surface area (Å²) in [5.74, 6) is 0.906. The topological polar surface area (TPSA) is 41.7 Å². The molecule has 2 rings (SSSR count). The standard InChI is InChI=1S/C15H25N3O/c1-3-17-7-9-18(10-8-17)15(12-16)13-5-4-6-14(11-13)19-2/h4-6,11,15H,3,7-10,12,16H2,1-2H3. The molecular formula is C15H25N3O. The molecule has 0 spiro atoms. The molecule has 1 fully saturated rings. The van der Waals surface area contributed by atoms with Crippen molar-refractivity contribution in [3.8, 4) is 5.75 Å². The van der Waals surface area contributed by atoms with Gasteiger partial charge in [-0.25, -0.2) is 0 Å². The van der Waals surface area contributed by atoms with E-state index in [1.54, 1.807) is 7.11 Å². The third kappa shape index (κ3) is 3.47. The molecule has 4 nitrogen and oxygen atoms in total. The van der Waals surface area contributed by atoms with Crippen LogP contribution in [-0.2, 0) is 0 Å². The van der Waals surface area contributed by atoms with Crippen LogP contribution < -0.4 is 10.5 Å². The van der Waals surface area contributed by atoms with Crippen LogP contribution in [0.15, 0.2) is 24.3 Å². The second kappa shape index (κ2) is 6.89. The molecule has 1 aliphatic rings. The fraction of sp³-hybridized carbons (Fsp3) is 0.600. The Bertz CT molecular complexity index is 389. The molecule has 19 heavy (non-hydrogen) atoms. The summed E-state index contributed by atoms with van der Waals surface area (Å²) in [6, 6.07) is 8.57. The summed E-state index contributed by atoms with van der Waals surface area (Å²) in [6.07, 6.45) is 0. The van der Waals surface area contributed by atoms with Gasteiger partial charge in [-0.05, 0) is 24.2 Å². The van der Waals surface area contributed by atoms with Crippen molar-refractivity contribution in [1.29, 1.82) is 0 Å². The first kappa shape index (κ1) is 14.3. The average molecular weight is 263 g/mol. The van der Waals surface area contributed by atoms with Crippen LogP contribution in [0.4, 0.5) is 0 Å². The summed E-state index contributed by atoms with van der Waals surface area (Å²) < 4.78 is 5.30. The minimum atomic E-state index is 0.300. The largest absolute Gasteiger partial charge is 0.497 e. The van der Waals surface area contributed by atoms with Crippen molar-refractivity contribution in [1.82, 2.24) is 9.80 Å². The van der Waals surface area contributed by atoms with Crippen LogP contribution in [0.3, 0.4) is 0 Å². The highest BCUT2D eigenvalue weighted by atomic mass is 16.5. The van der Waals surface area contributed by atoms with Gasteiger partial charge < -0.3 is 15.4 Å². The van der Waals surface area contributed by atoms with Crippen molar-refractivity contribution in [2.45, 2.75) is 13.0 Å². The van der Waals surface area contributed by atoms with E-state index in [9.17, 15) is 0 Å². The Kier molecular flexibility index (Phi) is 5.19. The van der Waals surface area contributed by atoms with Gasteiger partial charge in [0.1, 0.15) is 5.75 Å². The fourth-order valence-corrected chi connectivity index (χ4v) is 2.74. The van der Waals surface area contributed by atoms with Gasteiger partial charge in [-0.1, -0.05) is 19.1 Å². The van der Waals surface area contributed by atoms with E-state index in [4.69, 9.17) is 10.5 Å². The van der Waals surface area contributed by atoms with E-state index in [1.807, 2.05) is 12.1 Å². The fourth-order valence-electron chi connectivity index (χ4n) is 2.74. The van der Waals surface area contributed by atoms with E-state index in [-0.39, 0.29) is 0 Å². The number of likely N-dealkylation sites (N-methyl/N-ethyl adjacent to an activating group) is 1. The van der Waals surface area contributed by atoms with E-state index in [0.29, 0.717) is 12.6 Å². The van der Waals surface area contributed by atoms with Crippen LogP contribution in [0.2, 0.25) is 0 Å². The lowest BCUT2D eigenvalue weighted by Gasteiger charge is -2.38. The van der Waals surface area contributed by atoms with Crippen LogP contribution in [0, 0.1) is 0 Å². The monoisotopic (exact) mass is 263 g/mol. The van der Waals surface area contributed by atoms with Crippen LogP contribution in [-0.4, -0.2) is 56.2 Å². The van der Waals surface area contributed by atoms with E-state index in [1.165, 1.54) is 5.56 Å². The lowest BCUT2D eigenvalue weighted by molar-refractivity contribution is 0.102. The first-order valence-corrected chi connectivity index (χ1v) is 7.09. The highest BCUT2D eigenvalue weighted by molar-refractivity contribution is 5.30. The molecule has 0 amide bonds. The number of hydrogen-bond donors (Lipinski definition) is 1. The first-order chi connectivity index (χ1) is 9.28. The molecule has 1 heterocycles. The molecule has 0 saturated carbocycles. The SMILES string of the molecule is CCN1CCN(C(CN)c2cccc(OC)c2)CC1. The smallest absolute Gasteiger partial charge is 0.119 e. The van der Waals surface area contributed by atoms with Crippen LogP contribution >= 0.6 is 0 Å². The Balaban J connectivity index is 2.07. The highest BCUT2D eigenvalue weighted by Crippen LogP contribution is 2.24. The minimum absolute atomic E-state index is 0.300. The molecule has 106 valence electrons. The molecule has 0 aromatic heterocycles. The lowest BCUT2D eigenvalue weighted by atomic mass is 10.0. The zero-order valence-corrected chi connectivity index (χ0v) is 12.0. The maximum absolute atomic E-state index is 6.00. The number of piperazine rings is 1. The van der Waals surface area contributed by atoms with Crippen molar-refractivity contribution in [3.63, 3.8) is 0 Å². The van der Waals surface area contributed by atoms with Crippen LogP contribution in [0.25, 0.3) is 0 Å². The van der Waals surface area contributed by atoms with E-state index in [2.05, 4.69) is 28.9 Å². The Hall–Kier alpha value is -1.10. The summed E-state index contributed by atoms with van der Waals surface area (Å²) in [4.78, 5) is 4.97. The van der Waals surface area contributed by atoms with Crippen molar-refractivity contribution < 1.29 is 4.74 Å². The maximum Gasteiger partial charge on any atom is 0.119 e. The maximum atomic E-state index is 6.00. The lowest BCUT2D eigenvalue weighted by Crippen LogP contribution is -2.48. The van der Waals surface area contributed by atoms with Crippen molar-refractivity contribution in [3.05, 3.63) is 29.8 Å². The molecule has 0 bridgehead atoms. The third-order valence-corrected chi connectivity index (χ3v) is 4.00. The molecule has 0 radical (unpaired) electrons. The quantitative estimate of drug-likeness (QED) is 0.870. The molecule has 1 aromatic rings. The van der Waals surface area contributed by atoms with Gasteiger partial charge in [0.15, 0.2) is 0 Å². The van der Waals surface area contributed by atoms with Crippen LogP contribution in [0.1, 0.15) is 18.5 Å². The number of nitrogens with zero attached hydrogens (tertiary/aromatic N) is 2. The predicted octanol–water partition coefficient (Wildman–Crippen LogP) is 1.33. The van der Waals surface area contributed by atoms with E-state index in [0.717, 1.165) is 38.5 Å². The Morgan fingerprint density at radius 3 is 2.58 bits per heavy atom.